The van der Waals surface area contributed by atoms with Gasteiger partial charge in [0.1, 0.15) is 0 Å². The third kappa shape index (κ3) is 2.41. The normalized spacial score (nSPS) is 25.9. The summed E-state index contributed by atoms with van der Waals surface area (Å²) in [6, 6.07) is 16.2. The molecule has 166 valence electrons. The summed E-state index contributed by atoms with van der Waals surface area (Å²) in [7, 11) is 0. The van der Waals surface area contributed by atoms with E-state index in [1.807, 2.05) is 12.1 Å². The van der Waals surface area contributed by atoms with Crippen molar-refractivity contribution in [2.45, 2.75) is 38.6 Å². The molecule has 1 saturated heterocycles. The van der Waals surface area contributed by atoms with E-state index < -0.39 is 0 Å². The van der Waals surface area contributed by atoms with Crippen molar-refractivity contribution in [3.05, 3.63) is 77.0 Å². The van der Waals surface area contributed by atoms with Gasteiger partial charge in [0.2, 0.25) is 0 Å². The lowest BCUT2D eigenvalue weighted by Crippen LogP contribution is -2.51. The lowest BCUT2D eigenvalue weighted by atomic mass is 9.66. The first-order valence-electron chi connectivity index (χ1n) is 12.2. The minimum absolute atomic E-state index is 0.0474. The molecule has 5 heteroatoms. The maximum atomic E-state index is 13.2. The molecule has 0 saturated carbocycles. The van der Waals surface area contributed by atoms with Gasteiger partial charge in [-0.1, -0.05) is 43.3 Å². The Morgan fingerprint density at radius 1 is 0.970 bits per heavy atom. The number of carbonyl (C=O) groups excluding carboxylic acids is 2. The smallest absolute Gasteiger partial charge is 0.261 e. The average molecular weight is 438 g/mol. The summed E-state index contributed by atoms with van der Waals surface area (Å²) < 4.78 is 2.39. The van der Waals surface area contributed by atoms with Gasteiger partial charge >= 0.3 is 0 Å². The highest BCUT2D eigenvalue weighted by Crippen LogP contribution is 2.57. The SMILES string of the molecule is CC[C@@]12C=C(CN3C(=O)c4ccccc4C3=O)n3c4c(c5ccccc53)CCN(CCC1)[C@H]42. The number of rotatable bonds is 3. The Balaban J connectivity index is 1.43. The van der Waals surface area contributed by atoms with Gasteiger partial charge in [0.15, 0.2) is 0 Å². The van der Waals surface area contributed by atoms with Crippen LogP contribution in [-0.2, 0) is 6.42 Å². The van der Waals surface area contributed by atoms with E-state index in [0.717, 1.165) is 38.0 Å². The van der Waals surface area contributed by atoms with E-state index in [9.17, 15) is 9.59 Å². The summed E-state index contributed by atoms with van der Waals surface area (Å²) in [4.78, 5) is 30.6. The topological polar surface area (TPSA) is 45.6 Å². The number of para-hydroxylation sites is 1. The third-order valence-electron chi connectivity index (χ3n) is 8.52. The fraction of sp³-hybridized carbons (Fsp3) is 0.357. The lowest BCUT2D eigenvalue weighted by molar-refractivity contribution is 0.0264. The van der Waals surface area contributed by atoms with E-state index >= 15 is 0 Å². The maximum Gasteiger partial charge on any atom is 0.261 e. The first-order chi connectivity index (χ1) is 16.1. The minimum atomic E-state index is -0.181. The quantitative estimate of drug-likeness (QED) is 0.549. The molecule has 2 amide bonds. The molecular formula is C28H27N3O2. The molecule has 0 unspecified atom stereocenters. The Labute approximate surface area is 193 Å². The monoisotopic (exact) mass is 437 g/mol. The molecule has 0 radical (unpaired) electrons. The molecule has 3 aromatic rings. The van der Waals surface area contributed by atoms with Gasteiger partial charge in [0, 0.05) is 28.7 Å². The largest absolute Gasteiger partial charge is 0.314 e. The lowest BCUT2D eigenvalue weighted by Gasteiger charge is -2.53. The minimum Gasteiger partial charge on any atom is -0.314 e. The van der Waals surface area contributed by atoms with Gasteiger partial charge in [-0.15, -0.1) is 0 Å². The second kappa shape index (κ2) is 6.67. The van der Waals surface area contributed by atoms with Crippen LogP contribution in [0.15, 0.2) is 54.6 Å². The molecule has 0 spiro atoms. The van der Waals surface area contributed by atoms with E-state index in [1.165, 1.54) is 33.5 Å². The predicted molar refractivity (Wildman–Crippen MR) is 128 cm³/mol. The van der Waals surface area contributed by atoms with E-state index in [-0.39, 0.29) is 17.2 Å². The number of aromatic nitrogens is 1. The van der Waals surface area contributed by atoms with Crippen molar-refractivity contribution in [3.63, 3.8) is 0 Å². The van der Waals surface area contributed by atoms with Crippen LogP contribution in [0.3, 0.4) is 0 Å². The highest BCUT2D eigenvalue weighted by molar-refractivity contribution is 6.21. The highest BCUT2D eigenvalue weighted by atomic mass is 16.2. The van der Waals surface area contributed by atoms with Gasteiger partial charge in [-0.25, -0.2) is 0 Å². The molecule has 2 aromatic carbocycles. The van der Waals surface area contributed by atoms with E-state index in [4.69, 9.17) is 0 Å². The molecule has 0 N–H and O–H groups in total. The molecule has 5 heterocycles. The van der Waals surface area contributed by atoms with Crippen LogP contribution in [0.1, 0.15) is 64.2 Å². The van der Waals surface area contributed by atoms with E-state index in [1.54, 1.807) is 12.1 Å². The van der Waals surface area contributed by atoms with Gasteiger partial charge in [-0.2, -0.15) is 0 Å². The average Bonchev–Trinajstić information content (AvgIpc) is 3.32. The highest BCUT2D eigenvalue weighted by Gasteiger charge is 2.50. The van der Waals surface area contributed by atoms with Gasteiger partial charge < -0.3 is 4.57 Å². The Kier molecular flexibility index (Phi) is 3.90. The zero-order chi connectivity index (χ0) is 22.3. The van der Waals surface area contributed by atoms with Crippen LogP contribution in [0.25, 0.3) is 16.6 Å². The van der Waals surface area contributed by atoms with Crippen LogP contribution in [0.4, 0.5) is 0 Å². The summed E-state index contributed by atoms with van der Waals surface area (Å²) in [6.45, 7) is 4.86. The number of hydrogen-bond acceptors (Lipinski definition) is 3. The first-order valence-corrected chi connectivity index (χ1v) is 12.2. The first kappa shape index (κ1) is 19.3. The zero-order valence-electron chi connectivity index (χ0n) is 18.9. The van der Waals surface area contributed by atoms with Crippen LogP contribution < -0.4 is 0 Å². The van der Waals surface area contributed by atoms with Gasteiger partial charge in [0.25, 0.3) is 11.8 Å². The fourth-order valence-electron chi connectivity index (χ4n) is 7.05. The van der Waals surface area contributed by atoms with Crippen LogP contribution in [-0.4, -0.2) is 45.8 Å². The molecule has 1 fully saturated rings. The van der Waals surface area contributed by atoms with Crippen molar-refractivity contribution in [1.29, 1.82) is 0 Å². The standard InChI is InChI=1S/C28H27N3O2/c1-2-28-13-7-14-29-15-12-20-19-8-5-6-11-23(19)31(24(20)25(28)29)18(16-28)17-30-26(32)21-9-3-4-10-22(21)27(30)33/h3-6,8-11,16,25H,2,7,12-15,17H2,1H3/t25-,28+/m1/s1. The Morgan fingerprint density at radius 3 is 2.45 bits per heavy atom. The molecule has 4 aliphatic heterocycles. The summed E-state index contributed by atoms with van der Waals surface area (Å²) in [6.07, 6.45) is 6.88. The maximum absolute atomic E-state index is 13.2. The summed E-state index contributed by atoms with van der Waals surface area (Å²) in [5.74, 6) is -0.362. The second-order valence-electron chi connectivity index (χ2n) is 9.97. The Hall–Kier alpha value is -3.18. The number of fused-ring (bicyclic) bond motifs is 4. The van der Waals surface area contributed by atoms with E-state index in [0.29, 0.717) is 23.7 Å². The van der Waals surface area contributed by atoms with Crippen molar-refractivity contribution < 1.29 is 9.59 Å². The molecule has 0 aliphatic carbocycles. The molecular weight excluding hydrogens is 410 g/mol. The summed E-state index contributed by atoms with van der Waals surface area (Å²) in [5, 5.41) is 1.32. The van der Waals surface area contributed by atoms with Crippen molar-refractivity contribution in [3.8, 4) is 0 Å². The van der Waals surface area contributed by atoms with Crippen LogP contribution in [0.2, 0.25) is 0 Å². The Morgan fingerprint density at radius 2 is 1.70 bits per heavy atom. The number of carbonyl (C=O) groups is 2. The van der Waals surface area contributed by atoms with Crippen LogP contribution in [0, 0.1) is 5.41 Å². The molecule has 2 atom stereocenters. The fourth-order valence-corrected chi connectivity index (χ4v) is 7.05. The summed E-state index contributed by atoms with van der Waals surface area (Å²) in [5.41, 5.74) is 6.21. The Bertz CT molecular complexity index is 1350. The molecule has 33 heavy (non-hydrogen) atoms. The van der Waals surface area contributed by atoms with Gasteiger partial charge in [0.05, 0.1) is 29.2 Å². The second-order valence-corrected chi connectivity index (χ2v) is 9.97. The van der Waals surface area contributed by atoms with Crippen molar-refractivity contribution in [2.75, 3.05) is 19.6 Å². The third-order valence-corrected chi connectivity index (χ3v) is 8.52. The van der Waals surface area contributed by atoms with Crippen molar-refractivity contribution >= 4 is 28.4 Å². The number of amides is 2. The number of imide groups is 1. The van der Waals surface area contributed by atoms with Gasteiger partial charge in [-0.3, -0.25) is 19.4 Å². The van der Waals surface area contributed by atoms with Crippen molar-refractivity contribution in [2.24, 2.45) is 5.41 Å². The van der Waals surface area contributed by atoms with Crippen LogP contribution in [0.5, 0.6) is 0 Å². The van der Waals surface area contributed by atoms with E-state index in [2.05, 4.69) is 46.7 Å². The molecule has 5 nitrogen and oxygen atoms in total. The zero-order valence-corrected chi connectivity index (χ0v) is 18.9. The number of benzene rings is 2. The van der Waals surface area contributed by atoms with Crippen LogP contribution >= 0.6 is 0 Å². The number of nitrogens with zero attached hydrogens (tertiary/aromatic N) is 3. The molecule has 4 aliphatic rings. The van der Waals surface area contributed by atoms with Crippen molar-refractivity contribution in [1.82, 2.24) is 14.4 Å². The summed E-state index contributed by atoms with van der Waals surface area (Å²) >= 11 is 0. The van der Waals surface area contributed by atoms with Gasteiger partial charge in [-0.05, 0) is 56.0 Å². The molecule has 1 aromatic heterocycles. The number of hydrogen-bond donors (Lipinski definition) is 0. The molecule has 7 rings (SSSR count). The molecule has 0 bridgehead atoms. The predicted octanol–water partition coefficient (Wildman–Crippen LogP) is 4.88. The number of piperidine rings is 1.